The van der Waals surface area contributed by atoms with Gasteiger partial charge in [-0.3, -0.25) is 9.69 Å². The average molecular weight is 610 g/mol. The van der Waals surface area contributed by atoms with Crippen molar-refractivity contribution in [2.24, 2.45) is 0 Å². The van der Waals surface area contributed by atoms with Crippen molar-refractivity contribution in [3.63, 3.8) is 0 Å². The topological polar surface area (TPSA) is 108 Å². The molecule has 10 heteroatoms. The molecule has 0 radical (unpaired) electrons. The number of aromatic amines is 1. The number of ether oxygens (including phenoxy) is 1. The maximum Gasteiger partial charge on any atom is 0.325 e. The molecule has 3 atom stereocenters. The standard InChI is InChI=1S/C29H26BrClN4O4/c1-17(18-5-3-2-4-6-18)26(27-32-16-24(33-27)22-12-9-20(30)15-23(22)31)35-28(37)25(34-29(35)38)19-7-10-21(11-8-19)39-14-13-36/h2-12,15-17,25-26,36H,13-14H2,1H3,(H,32,33)(H,34,38)/t17-,25+,26-/m0/s1. The quantitative estimate of drug-likeness (QED) is 0.202. The summed E-state index contributed by atoms with van der Waals surface area (Å²) in [5, 5.41) is 12.3. The molecule has 3 aromatic carbocycles. The number of hydrogen-bond acceptors (Lipinski definition) is 5. The van der Waals surface area contributed by atoms with Crippen LogP contribution in [0.1, 0.15) is 41.9 Å². The van der Waals surface area contributed by atoms with Gasteiger partial charge in [0, 0.05) is 16.0 Å². The first-order chi connectivity index (χ1) is 18.9. The van der Waals surface area contributed by atoms with E-state index in [0.717, 1.165) is 15.6 Å². The number of imidazole rings is 1. The van der Waals surface area contributed by atoms with Gasteiger partial charge in [-0.05, 0) is 35.4 Å². The number of aromatic nitrogens is 2. The number of aliphatic hydroxyl groups excluding tert-OH is 1. The van der Waals surface area contributed by atoms with Gasteiger partial charge in [-0.2, -0.15) is 0 Å². The lowest BCUT2D eigenvalue weighted by atomic mass is 9.91. The lowest BCUT2D eigenvalue weighted by Gasteiger charge is -2.29. The molecule has 2 heterocycles. The molecule has 39 heavy (non-hydrogen) atoms. The van der Waals surface area contributed by atoms with E-state index in [1.165, 1.54) is 4.90 Å². The van der Waals surface area contributed by atoms with Crippen LogP contribution in [0.2, 0.25) is 5.02 Å². The van der Waals surface area contributed by atoms with Gasteiger partial charge in [0.05, 0.1) is 23.5 Å². The highest BCUT2D eigenvalue weighted by molar-refractivity contribution is 9.10. The number of carbonyl (C=O) groups excluding carboxylic acids is 2. The van der Waals surface area contributed by atoms with Gasteiger partial charge in [0.2, 0.25) is 0 Å². The molecule has 0 bridgehead atoms. The Hall–Kier alpha value is -3.66. The van der Waals surface area contributed by atoms with Crippen molar-refractivity contribution in [3.8, 4) is 17.0 Å². The SMILES string of the molecule is C[C@@H](c1ccccc1)[C@@H](c1ncc(-c2ccc(Br)cc2Cl)[nH]1)N1C(=O)N[C@H](c2ccc(OCCO)cc2)C1=O. The Labute approximate surface area is 239 Å². The minimum atomic E-state index is -0.856. The first-order valence-corrected chi connectivity index (χ1v) is 13.6. The average Bonchev–Trinajstić information content (AvgIpc) is 3.53. The van der Waals surface area contributed by atoms with Crippen LogP contribution in [0.3, 0.4) is 0 Å². The smallest absolute Gasteiger partial charge is 0.325 e. The zero-order valence-corrected chi connectivity index (χ0v) is 23.3. The van der Waals surface area contributed by atoms with E-state index in [-0.39, 0.29) is 25.0 Å². The van der Waals surface area contributed by atoms with Gasteiger partial charge < -0.3 is 20.1 Å². The zero-order chi connectivity index (χ0) is 27.5. The summed E-state index contributed by atoms with van der Waals surface area (Å²) >= 11 is 9.91. The van der Waals surface area contributed by atoms with Crippen LogP contribution >= 0.6 is 27.5 Å². The number of amides is 3. The van der Waals surface area contributed by atoms with Crippen molar-refractivity contribution in [3.05, 3.63) is 105 Å². The maximum absolute atomic E-state index is 13.8. The van der Waals surface area contributed by atoms with Crippen LogP contribution < -0.4 is 10.1 Å². The van der Waals surface area contributed by atoms with Gasteiger partial charge in [-0.1, -0.05) is 83.0 Å². The van der Waals surface area contributed by atoms with Crippen molar-refractivity contribution in [1.29, 1.82) is 0 Å². The van der Waals surface area contributed by atoms with Gasteiger partial charge >= 0.3 is 6.03 Å². The molecular formula is C29H26BrClN4O4. The molecule has 4 aromatic rings. The number of H-pyrrole nitrogens is 1. The van der Waals surface area contributed by atoms with E-state index >= 15 is 0 Å². The number of benzene rings is 3. The van der Waals surface area contributed by atoms with Crippen LogP contribution in [0.4, 0.5) is 4.79 Å². The Morgan fingerprint density at radius 1 is 1.10 bits per heavy atom. The molecule has 0 unspecified atom stereocenters. The predicted molar refractivity (Wildman–Crippen MR) is 151 cm³/mol. The summed E-state index contributed by atoms with van der Waals surface area (Å²) < 4.78 is 6.27. The molecule has 1 saturated heterocycles. The lowest BCUT2D eigenvalue weighted by molar-refractivity contribution is -0.129. The largest absolute Gasteiger partial charge is 0.491 e. The van der Waals surface area contributed by atoms with E-state index in [2.05, 4.69) is 31.2 Å². The second-order valence-electron chi connectivity index (χ2n) is 9.18. The van der Waals surface area contributed by atoms with Crippen LogP contribution in [-0.2, 0) is 4.79 Å². The molecule has 0 spiro atoms. The Morgan fingerprint density at radius 3 is 2.54 bits per heavy atom. The molecule has 1 aliphatic heterocycles. The van der Waals surface area contributed by atoms with Crippen molar-refractivity contribution in [1.82, 2.24) is 20.2 Å². The van der Waals surface area contributed by atoms with Gasteiger partial charge in [0.1, 0.15) is 30.3 Å². The van der Waals surface area contributed by atoms with Gasteiger partial charge in [0.15, 0.2) is 0 Å². The second-order valence-corrected chi connectivity index (χ2v) is 10.5. The number of nitrogens with one attached hydrogen (secondary N) is 2. The third-order valence-electron chi connectivity index (χ3n) is 6.72. The van der Waals surface area contributed by atoms with Crippen molar-refractivity contribution < 1.29 is 19.4 Å². The summed E-state index contributed by atoms with van der Waals surface area (Å²) in [6.07, 6.45) is 1.66. The number of urea groups is 1. The summed E-state index contributed by atoms with van der Waals surface area (Å²) in [5.74, 6) is 0.383. The van der Waals surface area contributed by atoms with E-state index in [1.54, 1.807) is 36.5 Å². The van der Waals surface area contributed by atoms with E-state index < -0.39 is 18.1 Å². The number of hydrogen-bond donors (Lipinski definition) is 3. The summed E-state index contributed by atoms with van der Waals surface area (Å²) in [6.45, 7) is 2.04. The third-order valence-corrected chi connectivity index (χ3v) is 7.52. The van der Waals surface area contributed by atoms with Crippen LogP contribution in [0.15, 0.2) is 83.5 Å². The van der Waals surface area contributed by atoms with Gasteiger partial charge in [-0.15, -0.1) is 0 Å². The van der Waals surface area contributed by atoms with Crippen molar-refractivity contribution in [2.45, 2.75) is 24.9 Å². The van der Waals surface area contributed by atoms with Gasteiger partial charge in [0.25, 0.3) is 5.91 Å². The highest BCUT2D eigenvalue weighted by atomic mass is 79.9. The van der Waals surface area contributed by atoms with E-state index in [0.29, 0.717) is 27.9 Å². The Kier molecular flexibility index (Phi) is 8.02. The summed E-state index contributed by atoms with van der Waals surface area (Å²) in [6, 6.07) is 20.1. The van der Waals surface area contributed by atoms with Crippen LogP contribution in [0.5, 0.6) is 5.75 Å². The van der Waals surface area contributed by atoms with E-state index in [1.807, 2.05) is 49.4 Å². The first-order valence-electron chi connectivity index (χ1n) is 12.4. The molecule has 0 aliphatic carbocycles. The molecule has 1 aromatic heterocycles. The Morgan fingerprint density at radius 2 is 1.85 bits per heavy atom. The van der Waals surface area contributed by atoms with Crippen LogP contribution in [0, 0.1) is 0 Å². The van der Waals surface area contributed by atoms with E-state index in [4.69, 9.17) is 21.4 Å². The number of rotatable bonds is 9. The molecule has 1 fully saturated rings. The van der Waals surface area contributed by atoms with Gasteiger partial charge in [-0.25, -0.2) is 9.78 Å². The fourth-order valence-electron chi connectivity index (χ4n) is 4.76. The lowest BCUT2D eigenvalue weighted by Crippen LogP contribution is -2.38. The first kappa shape index (κ1) is 26.9. The van der Waals surface area contributed by atoms with Crippen LogP contribution in [-0.4, -0.2) is 45.1 Å². The summed E-state index contributed by atoms with van der Waals surface area (Å²) in [4.78, 5) is 36.4. The molecule has 200 valence electrons. The number of aliphatic hydroxyl groups is 1. The minimum Gasteiger partial charge on any atom is -0.491 e. The molecular weight excluding hydrogens is 584 g/mol. The van der Waals surface area contributed by atoms with Crippen molar-refractivity contribution >= 4 is 39.5 Å². The predicted octanol–water partition coefficient (Wildman–Crippen LogP) is 6.00. The zero-order valence-electron chi connectivity index (χ0n) is 21.0. The molecule has 3 N–H and O–H groups in total. The Bertz CT molecular complexity index is 1480. The van der Waals surface area contributed by atoms with Crippen molar-refractivity contribution in [2.75, 3.05) is 13.2 Å². The fraction of sp³-hybridized carbons (Fsp3) is 0.207. The van der Waals surface area contributed by atoms with E-state index in [9.17, 15) is 9.59 Å². The highest BCUT2D eigenvalue weighted by Gasteiger charge is 2.46. The summed E-state index contributed by atoms with van der Waals surface area (Å²) in [7, 11) is 0. The molecule has 3 amide bonds. The van der Waals surface area contributed by atoms with Crippen LogP contribution in [0.25, 0.3) is 11.3 Å². The minimum absolute atomic E-state index is 0.0998. The number of imide groups is 1. The number of carbonyl (C=O) groups is 2. The maximum atomic E-state index is 13.8. The molecule has 5 rings (SSSR count). The highest BCUT2D eigenvalue weighted by Crippen LogP contribution is 2.40. The molecule has 0 saturated carbocycles. The summed E-state index contributed by atoms with van der Waals surface area (Å²) in [5.41, 5.74) is 3.01. The fourth-order valence-corrected chi connectivity index (χ4v) is 5.53. The third kappa shape index (κ3) is 5.56. The number of nitrogens with zero attached hydrogens (tertiary/aromatic N) is 2. The second kappa shape index (κ2) is 11.6. The molecule has 1 aliphatic rings. The molecule has 8 nitrogen and oxygen atoms in total. The number of halogens is 2. The Balaban J connectivity index is 1.50. The monoisotopic (exact) mass is 608 g/mol. The normalized spacial score (nSPS) is 16.7.